The van der Waals surface area contributed by atoms with Crippen LogP contribution in [0.4, 0.5) is 5.69 Å². The molecule has 0 aliphatic rings. The van der Waals surface area contributed by atoms with Crippen molar-refractivity contribution in [2.24, 2.45) is 0 Å². The Bertz CT molecular complexity index is 791. The van der Waals surface area contributed by atoms with Gasteiger partial charge in [-0.25, -0.2) is 4.98 Å². The van der Waals surface area contributed by atoms with Gasteiger partial charge in [0.1, 0.15) is 11.3 Å². The summed E-state index contributed by atoms with van der Waals surface area (Å²) in [6, 6.07) is 9.49. The van der Waals surface area contributed by atoms with Gasteiger partial charge in [0.15, 0.2) is 5.58 Å². The molecule has 0 aliphatic heterocycles. The van der Waals surface area contributed by atoms with Gasteiger partial charge in [0.25, 0.3) is 0 Å². The maximum absolute atomic E-state index is 5.98. The molecule has 3 aromatic rings. The van der Waals surface area contributed by atoms with E-state index in [0.29, 0.717) is 5.89 Å². The minimum Gasteiger partial charge on any atom is -0.497 e. The van der Waals surface area contributed by atoms with Gasteiger partial charge in [0.05, 0.1) is 7.11 Å². The monoisotopic (exact) mass is 268 g/mol. The van der Waals surface area contributed by atoms with E-state index in [2.05, 4.69) is 4.98 Å². The van der Waals surface area contributed by atoms with Gasteiger partial charge < -0.3 is 14.9 Å². The number of hydrogen-bond acceptors (Lipinski definition) is 4. The van der Waals surface area contributed by atoms with E-state index < -0.39 is 0 Å². The molecule has 4 nitrogen and oxygen atoms in total. The number of methoxy groups -OCH3 is 1. The van der Waals surface area contributed by atoms with Crippen LogP contribution in [0, 0.1) is 13.8 Å². The average molecular weight is 268 g/mol. The molecule has 0 amide bonds. The topological polar surface area (TPSA) is 61.3 Å². The van der Waals surface area contributed by atoms with Gasteiger partial charge in [0.2, 0.25) is 5.89 Å². The number of hydrogen-bond donors (Lipinski definition) is 1. The predicted molar refractivity (Wildman–Crippen MR) is 79.9 cm³/mol. The third-order valence-electron chi connectivity index (χ3n) is 3.60. The van der Waals surface area contributed by atoms with Crippen LogP contribution in [0.1, 0.15) is 11.1 Å². The number of aryl methyl sites for hydroxylation is 1. The van der Waals surface area contributed by atoms with Crippen LogP contribution in [0.2, 0.25) is 0 Å². The van der Waals surface area contributed by atoms with E-state index >= 15 is 0 Å². The number of aromatic nitrogens is 1. The van der Waals surface area contributed by atoms with Crippen LogP contribution in [-0.2, 0) is 0 Å². The first-order chi connectivity index (χ1) is 9.60. The molecule has 0 saturated carbocycles. The summed E-state index contributed by atoms with van der Waals surface area (Å²) in [5, 5.41) is 0. The van der Waals surface area contributed by atoms with Gasteiger partial charge in [-0.05, 0) is 49.2 Å². The Morgan fingerprint density at radius 2 is 1.95 bits per heavy atom. The summed E-state index contributed by atoms with van der Waals surface area (Å²) in [5.74, 6) is 1.35. The zero-order chi connectivity index (χ0) is 14.3. The molecule has 20 heavy (non-hydrogen) atoms. The van der Waals surface area contributed by atoms with Crippen LogP contribution in [0.3, 0.4) is 0 Å². The number of nitrogens with two attached hydrogens (primary N) is 1. The Morgan fingerprint density at radius 1 is 1.15 bits per heavy atom. The van der Waals surface area contributed by atoms with Gasteiger partial charge in [-0.2, -0.15) is 0 Å². The highest BCUT2D eigenvalue weighted by Gasteiger charge is 2.13. The Labute approximate surface area is 117 Å². The van der Waals surface area contributed by atoms with E-state index in [-0.39, 0.29) is 0 Å². The molecular weight excluding hydrogens is 252 g/mol. The first-order valence-electron chi connectivity index (χ1n) is 6.41. The molecule has 0 bridgehead atoms. The highest BCUT2D eigenvalue weighted by atomic mass is 16.5. The Hall–Kier alpha value is -2.49. The van der Waals surface area contributed by atoms with Crippen LogP contribution in [0.5, 0.6) is 5.75 Å². The lowest BCUT2D eigenvalue weighted by molar-refractivity contribution is 0.415. The number of ether oxygens (including phenoxy) is 1. The Morgan fingerprint density at radius 3 is 2.70 bits per heavy atom. The fraction of sp³-hybridized carbons (Fsp3) is 0.188. The quantitative estimate of drug-likeness (QED) is 0.720. The van der Waals surface area contributed by atoms with Gasteiger partial charge in [-0.1, -0.05) is 6.07 Å². The molecule has 0 fully saturated rings. The molecule has 0 spiro atoms. The highest BCUT2D eigenvalue weighted by molar-refractivity contribution is 5.84. The summed E-state index contributed by atoms with van der Waals surface area (Å²) in [5.41, 5.74) is 11.2. The first-order valence-corrected chi connectivity index (χ1v) is 6.41. The van der Waals surface area contributed by atoms with E-state index in [1.165, 1.54) is 0 Å². The first kappa shape index (κ1) is 12.5. The molecule has 3 rings (SSSR count). The largest absolute Gasteiger partial charge is 0.497 e. The zero-order valence-electron chi connectivity index (χ0n) is 11.7. The second-order valence-electron chi connectivity index (χ2n) is 4.82. The van der Waals surface area contributed by atoms with Gasteiger partial charge >= 0.3 is 0 Å². The number of nitrogen functional groups attached to an aromatic ring is 1. The molecule has 1 heterocycles. The molecule has 102 valence electrons. The third-order valence-corrected chi connectivity index (χ3v) is 3.60. The molecule has 4 heteroatoms. The van der Waals surface area contributed by atoms with Crippen molar-refractivity contribution in [3.63, 3.8) is 0 Å². The van der Waals surface area contributed by atoms with Crippen LogP contribution < -0.4 is 10.5 Å². The molecule has 1 aromatic heterocycles. The van der Waals surface area contributed by atoms with Crippen molar-refractivity contribution in [1.29, 1.82) is 0 Å². The predicted octanol–water partition coefficient (Wildman–Crippen LogP) is 3.70. The van der Waals surface area contributed by atoms with E-state index in [0.717, 1.165) is 39.2 Å². The van der Waals surface area contributed by atoms with E-state index in [4.69, 9.17) is 14.9 Å². The minimum atomic E-state index is 0.576. The second kappa shape index (κ2) is 4.56. The lowest BCUT2D eigenvalue weighted by atomic mass is 10.1. The maximum Gasteiger partial charge on any atom is 0.227 e. The van der Waals surface area contributed by atoms with Crippen molar-refractivity contribution in [3.05, 3.63) is 41.5 Å². The van der Waals surface area contributed by atoms with Crippen molar-refractivity contribution < 1.29 is 9.15 Å². The molecule has 0 aliphatic carbocycles. The fourth-order valence-electron chi connectivity index (χ4n) is 2.22. The fourth-order valence-corrected chi connectivity index (χ4v) is 2.22. The van der Waals surface area contributed by atoms with Crippen molar-refractivity contribution in [2.75, 3.05) is 12.8 Å². The van der Waals surface area contributed by atoms with Crippen molar-refractivity contribution >= 4 is 16.8 Å². The summed E-state index contributed by atoms with van der Waals surface area (Å²) in [4.78, 5) is 4.52. The van der Waals surface area contributed by atoms with E-state index in [9.17, 15) is 0 Å². The highest BCUT2D eigenvalue weighted by Crippen LogP contribution is 2.31. The molecule has 2 N–H and O–H groups in total. The summed E-state index contributed by atoms with van der Waals surface area (Å²) in [7, 11) is 1.64. The van der Waals surface area contributed by atoms with Crippen molar-refractivity contribution in [1.82, 2.24) is 4.98 Å². The molecule has 2 aromatic carbocycles. The molecule has 0 unspecified atom stereocenters. The van der Waals surface area contributed by atoms with Crippen LogP contribution in [0.25, 0.3) is 22.6 Å². The number of anilines is 1. The van der Waals surface area contributed by atoms with Crippen molar-refractivity contribution in [2.45, 2.75) is 13.8 Å². The number of fused-ring (bicyclic) bond motifs is 1. The Balaban J connectivity index is 2.20. The second-order valence-corrected chi connectivity index (χ2v) is 4.82. The number of rotatable bonds is 2. The average Bonchev–Trinajstić information content (AvgIpc) is 2.89. The van der Waals surface area contributed by atoms with Gasteiger partial charge in [-0.15, -0.1) is 0 Å². The summed E-state index contributed by atoms with van der Waals surface area (Å²) in [6.45, 7) is 3.98. The van der Waals surface area contributed by atoms with E-state index in [1.54, 1.807) is 7.11 Å². The van der Waals surface area contributed by atoms with Gasteiger partial charge in [0, 0.05) is 11.3 Å². The molecule has 0 radical (unpaired) electrons. The van der Waals surface area contributed by atoms with Gasteiger partial charge in [-0.3, -0.25) is 0 Å². The third kappa shape index (κ3) is 1.90. The molecule has 0 saturated heterocycles. The number of nitrogens with zero attached hydrogens (tertiary/aromatic N) is 1. The minimum absolute atomic E-state index is 0.576. The normalized spacial score (nSPS) is 10.9. The summed E-state index contributed by atoms with van der Waals surface area (Å²) in [6.07, 6.45) is 0. The molecular formula is C16H16N2O2. The van der Waals surface area contributed by atoms with E-state index in [1.807, 2.05) is 44.2 Å². The summed E-state index contributed by atoms with van der Waals surface area (Å²) < 4.78 is 11.1. The zero-order valence-corrected chi connectivity index (χ0v) is 11.7. The SMILES string of the molecule is COc1cccc(-c2nc3cc(N)c(C)c(C)c3o2)c1. The summed E-state index contributed by atoms with van der Waals surface area (Å²) >= 11 is 0. The number of oxazole rings is 1. The lowest BCUT2D eigenvalue weighted by Crippen LogP contribution is -1.92. The Kier molecular flexibility index (Phi) is 2.86. The van der Waals surface area contributed by atoms with Crippen LogP contribution in [0.15, 0.2) is 34.7 Å². The maximum atomic E-state index is 5.98. The van der Waals surface area contributed by atoms with Crippen LogP contribution >= 0.6 is 0 Å². The smallest absolute Gasteiger partial charge is 0.227 e. The van der Waals surface area contributed by atoms with Crippen LogP contribution in [-0.4, -0.2) is 12.1 Å². The standard InChI is InChI=1S/C16H16N2O2/c1-9-10(2)15-14(8-13(9)17)18-16(20-15)11-5-4-6-12(7-11)19-3/h4-8H,17H2,1-3H3. The van der Waals surface area contributed by atoms with Crippen molar-refractivity contribution in [3.8, 4) is 17.2 Å². The lowest BCUT2D eigenvalue weighted by Gasteiger charge is -2.03. The number of benzene rings is 2. The molecule has 0 atom stereocenters.